The van der Waals surface area contributed by atoms with Crippen LogP contribution in [0.25, 0.3) is 11.3 Å². The predicted octanol–water partition coefficient (Wildman–Crippen LogP) is 3.90. The first-order valence-corrected chi connectivity index (χ1v) is 9.35. The number of aromatic nitrogens is 2. The molecule has 4 rings (SSSR count). The van der Waals surface area contributed by atoms with Gasteiger partial charge in [-0.05, 0) is 49.2 Å². The van der Waals surface area contributed by atoms with Crippen LogP contribution in [0.15, 0.2) is 60.7 Å². The number of benzene rings is 2. The number of hydrogen-bond donors (Lipinski definition) is 1. The summed E-state index contributed by atoms with van der Waals surface area (Å²) in [4.78, 5) is 24.7. The van der Waals surface area contributed by atoms with Gasteiger partial charge in [-0.3, -0.25) is 14.9 Å². The molecule has 2 aromatic carbocycles. The minimum Gasteiger partial charge on any atom is -0.355 e. The third kappa shape index (κ3) is 4.21. The van der Waals surface area contributed by atoms with Gasteiger partial charge in [-0.15, -0.1) is 10.2 Å². The maximum atomic E-state index is 12.3. The molecule has 1 aliphatic rings. The van der Waals surface area contributed by atoms with Gasteiger partial charge in [0.1, 0.15) is 0 Å². The highest BCUT2D eigenvalue weighted by atomic mass is 16.6. The second-order valence-corrected chi connectivity index (χ2v) is 6.81. The maximum absolute atomic E-state index is 12.3. The average Bonchev–Trinajstić information content (AvgIpc) is 3.29. The summed E-state index contributed by atoms with van der Waals surface area (Å²) in [5.41, 5.74) is 2.59. The molecule has 29 heavy (non-hydrogen) atoms. The largest absolute Gasteiger partial charge is 0.355 e. The van der Waals surface area contributed by atoms with Crippen molar-refractivity contribution < 1.29 is 9.72 Å². The molecule has 0 bridgehead atoms. The molecule has 2 heterocycles. The van der Waals surface area contributed by atoms with E-state index in [4.69, 9.17) is 0 Å². The molecule has 146 valence electrons. The Balaban J connectivity index is 1.42. The van der Waals surface area contributed by atoms with Gasteiger partial charge in [-0.1, -0.05) is 12.1 Å². The van der Waals surface area contributed by atoms with E-state index in [2.05, 4.69) is 20.4 Å². The number of anilines is 2. The second kappa shape index (κ2) is 8.05. The Bertz CT molecular complexity index is 1010. The van der Waals surface area contributed by atoms with Crippen LogP contribution < -0.4 is 10.2 Å². The van der Waals surface area contributed by atoms with E-state index in [1.54, 1.807) is 12.1 Å². The highest BCUT2D eigenvalue weighted by Crippen LogP contribution is 2.23. The van der Waals surface area contributed by atoms with Gasteiger partial charge in [0.25, 0.3) is 11.6 Å². The molecular formula is C21H19N5O3. The molecule has 0 spiro atoms. The van der Waals surface area contributed by atoms with Crippen molar-refractivity contribution >= 4 is 23.1 Å². The number of hydrogen-bond acceptors (Lipinski definition) is 6. The van der Waals surface area contributed by atoms with E-state index in [-0.39, 0.29) is 11.6 Å². The Morgan fingerprint density at radius 3 is 2.21 bits per heavy atom. The van der Waals surface area contributed by atoms with Gasteiger partial charge in [-0.25, -0.2) is 0 Å². The van der Waals surface area contributed by atoms with E-state index in [0.29, 0.717) is 11.3 Å². The number of carbonyl (C=O) groups is 1. The predicted molar refractivity (Wildman–Crippen MR) is 110 cm³/mol. The Labute approximate surface area is 167 Å². The molecule has 8 heteroatoms. The molecule has 1 N–H and O–H groups in total. The van der Waals surface area contributed by atoms with Crippen LogP contribution in [-0.4, -0.2) is 34.1 Å². The van der Waals surface area contributed by atoms with E-state index < -0.39 is 4.92 Å². The zero-order valence-corrected chi connectivity index (χ0v) is 15.6. The first-order chi connectivity index (χ1) is 14.1. The zero-order chi connectivity index (χ0) is 20.2. The van der Waals surface area contributed by atoms with Gasteiger partial charge >= 0.3 is 0 Å². The molecule has 1 amide bonds. The summed E-state index contributed by atoms with van der Waals surface area (Å²) in [6.45, 7) is 2.05. The first-order valence-electron chi connectivity index (χ1n) is 9.35. The zero-order valence-electron chi connectivity index (χ0n) is 15.6. The quantitative estimate of drug-likeness (QED) is 0.524. The lowest BCUT2D eigenvalue weighted by atomic mass is 10.1. The molecule has 0 radical (unpaired) electrons. The number of nitrogens with one attached hydrogen (secondary N) is 1. The highest BCUT2D eigenvalue weighted by Gasteiger charge is 2.14. The molecule has 8 nitrogen and oxygen atoms in total. The molecule has 1 fully saturated rings. The number of amides is 1. The molecule has 0 atom stereocenters. The Morgan fingerprint density at radius 1 is 0.931 bits per heavy atom. The van der Waals surface area contributed by atoms with Crippen LogP contribution in [0.5, 0.6) is 0 Å². The summed E-state index contributed by atoms with van der Waals surface area (Å²) in [6.07, 6.45) is 2.38. The van der Waals surface area contributed by atoms with Gasteiger partial charge < -0.3 is 10.2 Å². The number of nitro benzene ring substituents is 1. The standard InChI is InChI=1S/C21H19N5O3/c27-21(16-5-9-18(10-6-16)26(28)29)22-17-7-3-15(4-8-17)19-11-12-20(24-23-19)25-13-1-2-14-25/h3-12H,1-2,13-14H2,(H,22,27). The Kier molecular flexibility index (Phi) is 5.15. The number of nitro groups is 1. The van der Waals surface area contributed by atoms with Crippen LogP contribution >= 0.6 is 0 Å². The van der Waals surface area contributed by atoms with Crippen LogP contribution in [0.2, 0.25) is 0 Å². The summed E-state index contributed by atoms with van der Waals surface area (Å²) in [6, 6.07) is 16.7. The van der Waals surface area contributed by atoms with E-state index in [9.17, 15) is 14.9 Å². The van der Waals surface area contributed by atoms with Crippen molar-refractivity contribution in [3.05, 3.63) is 76.3 Å². The minimum absolute atomic E-state index is 0.0530. The molecule has 0 saturated carbocycles. The van der Waals surface area contributed by atoms with Gasteiger partial charge in [0, 0.05) is 42.0 Å². The fraction of sp³-hybridized carbons (Fsp3) is 0.190. The topological polar surface area (TPSA) is 101 Å². The van der Waals surface area contributed by atoms with E-state index in [0.717, 1.165) is 30.2 Å². The minimum atomic E-state index is -0.499. The lowest BCUT2D eigenvalue weighted by Gasteiger charge is -2.15. The third-order valence-electron chi connectivity index (χ3n) is 4.86. The normalized spacial score (nSPS) is 13.3. The van der Waals surface area contributed by atoms with Crippen LogP contribution in [0.3, 0.4) is 0 Å². The fourth-order valence-electron chi connectivity index (χ4n) is 3.26. The molecule has 1 saturated heterocycles. The summed E-state index contributed by atoms with van der Waals surface area (Å²) < 4.78 is 0. The fourth-order valence-corrected chi connectivity index (χ4v) is 3.26. The van der Waals surface area contributed by atoms with E-state index >= 15 is 0 Å². The molecule has 1 aromatic heterocycles. The van der Waals surface area contributed by atoms with Crippen LogP contribution in [0.4, 0.5) is 17.2 Å². The molecule has 0 unspecified atom stereocenters. The van der Waals surface area contributed by atoms with Crippen LogP contribution in [0.1, 0.15) is 23.2 Å². The smallest absolute Gasteiger partial charge is 0.269 e. The monoisotopic (exact) mass is 389 g/mol. The Hall–Kier alpha value is -3.81. The van der Waals surface area contributed by atoms with Crippen molar-refractivity contribution in [2.24, 2.45) is 0 Å². The number of rotatable bonds is 5. The number of carbonyl (C=O) groups excluding carboxylic acids is 1. The molecule has 0 aliphatic carbocycles. The van der Waals surface area contributed by atoms with Gasteiger partial charge in [0.15, 0.2) is 5.82 Å². The van der Waals surface area contributed by atoms with Crippen molar-refractivity contribution in [1.29, 1.82) is 0 Å². The third-order valence-corrected chi connectivity index (χ3v) is 4.86. The SMILES string of the molecule is O=C(Nc1ccc(-c2ccc(N3CCCC3)nn2)cc1)c1ccc([N+](=O)[O-])cc1. The molecule has 3 aromatic rings. The first kappa shape index (κ1) is 18.5. The van der Waals surface area contributed by atoms with Crippen molar-refractivity contribution in [3.8, 4) is 11.3 Å². The van der Waals surface area contributed by atoms with Crippen LogP contribution in [-0.2, 0) is 0 Å². The average molecular weight is 389 g/mol. The maximum Gasteiger partial charge on any atom is 0.269 e. The van der Waals surface area contributed by atoms with E-state index in [1.165, 1.54) is 37.1 Å². The van der Waals surface area contributed by atoms with Crippen molar-refractivity contribution in [1.82, 2.24) is 10.2 Å². The molecular weight excluding hydrogens is 370 g/mol. The van der Waals surface area contributed by atoms with Crippen molar-refractivity contribution in [2.45, 2.75) is 12.8 Å². The summed E-state index contributed by atoms with van der Waals surface area (Å²) in [5, 5.41) is 22.1. The van der Waals surface area contributed by atoms with Gasteiger partial charge in [0.05, 0.1) is 10.6 Å². The Morgan fingerprint density at radius 2 is 1.62 bits per heavy atom. The van der Waals surface area contributed by atoms with E-state index in [1.807, 2.05) is 24.3 Å². The summed E-state index contributed by atoms with van der Waals surface area (Å²) in [5.74, 6) is 0.570. The lowest BCUT2D eigenvalue weighted by Crippen LogP contribution is -2.19. The number of non-ortho nitro benzene ring substituents is 1. The van der Waals surface area contributed by atoms with Crippen molar-refractivity contribution in [2.75, 3.05) is 23.3 Å². The highest BCUT2D eigenvalue weighted by molar-refractivity contribution is 6.04. The lowest BCUT2D eigenvalue weighted by molar-refractivity contribution is -0.384. The number of nitrogens with zero attached hydrogens (tertiary/aromatic N) is 4. The summed E-state index contributed by atoms with van der Waals surface area (Å²) >= 11 is 0. The van der Waals surface area contributed by atoms with Crippen LogP contribution in [0, 0.1) is 10.1 Å². The summed E-state index contributed by atoms with van der Waals surface area (Å²) in [7, 11) is 0. The molecule has 1 aliphatic heterocycles. The van der Waals surface area contributed by atoms with Crippen molar-refractivity contribution in [3.63, 3.8) is 0 Å². The van der Waals surface area contributed by atoms with Gasteiger partial charge in [-0.2, -0.15) is 0 Å². The second-order valence-electron chi connectivity index (χ2n) is 6.81. The van der Waals surface area contributed by atoms with Gasteiger partial charge in [0.2, 0.25) is 0 Å².